The van der Waals surface area contributed by atoms with E-state index in [4.69, 9.17) is 0 Å². The molecule has 0 amide bonds. The monoisotopic (exact) mass is 364 g/mol. The largest absolute Gasteiger partial charge is 0.378 e. The third-order valence-electron chi connectivity index (χ3n) is 3.46. The third kappa shape index (κ3) is 2.94. The number of thiophene rings is 1. The van der Waals surface area contributed by atoms with Gasteiger partial charge in [0.15, 0.2) is 0 Å². The number of fused-ring (bicyclic) bond motifs is 1. The Morgan fingerprint density at radius 3 is 2.95 bits per heavy atom. The van der Waals surface area contributed by atoms with E-state index in [-0.39, 0.29) is 11.9 Å². The summed E-state index contributed by atoms with van der Waals surface area (Å²) in [6.07, 6.45) is 1.89. The Balaban J connectivity index is 1.88. The molecule has 0 fully saturated rings. The van der Waals surface area contributed by atoms with Gasteiger partial charge in [0.1, 0.15) is 5.82 Å². The number of benzene rings is 1. The minimum Gasteiger partial charge on any atom is -0.378 e. The van der Waals surface area contributed by atoms with Crippen LogP contribution in [0.15, 0.2) is 40.3 Å². The highest BCUT2D eigenvalue weighted by Crippen LogP contribution is 2.29. The van der Waals surface area contributed by atoms with Crippen LogP contribution in [0.3, 0.4) is 0 Å². The van der Waals surface area contributed by atoms with Crippen LogP contribution >= 0.6 is 27.3 Å². The number of aromatic nitrogens is 1. The molecule has 2 aromatic heterocycles. The van der Waals surface area contributed by atoms with Gasteiger partial charge in [-0.1, -0.05) is 0 Å². The van der Waals surface area contributed by atoms with Crippen molar-refractivity contribution in [1.29, 1.82) is 0 Å². The first-order valence-corrected chi connectivity index (χ1v) is 8.27. The number of rotatable bonds is 3. The number of hydrogen-bond donors (Lipinski definition) is 1. The zero-order valence-corrected chi connectivity index (χ0v) is 14.1. The van der Waals surface area contributed by atoms with Crippen LogP contribution < -0.4 is 5.32 Å². The van der Waals surface area contributed by atoms with Crippen molar-refractivity contribution in [1.82, 2.24) is 4.98 Å². The fraction of sp³-hybridized carbons (Fsp3) is 0.188. The Hall–Kier alpha value is -1.46. The summed E-state index contributed by atoms with van der Waals surface area (Å²) in [5.41, 5.74) is 3.94. The maximum atomic E-state index is 13.5. The number of anilines is 1. The molecule has 0 spiro atoms. The highest BCUT2D eigenvalue weighted by atomic mass is 79.9. The van der Waals surface area contributed by atoms with E-state index < -0.39 is 0 Å². The quantitative estimate of drug-likeness (QED) is 0.646. The first-order chi connectivity index (χ1) is 10.0. The summed E-state index contributed by atoms with van der Waals surface area (Å²) >= 11 is 4.91. The fourth-order valence-corrected chi connectivity index (χ4v) is 3.35. The first-order valence-electron chi connectivity index (χ1n) is 6.60. The lowest BCUT2D eigenvalue weighted by Crippen LogP contribution is -2.08. The van der Waals surface area contributed by atoms with Crippen molar-refractivity contribution in [3.05, 3.63) is 57.3 Å². The van der Waals surface area contributed by atoms with Crippen LogP contribution in [0.1, 0.15) is 24.1 Å². The summed E-state index contributed by atoms with van der Waals surface area (Å²) in [5, 5.41) is 5.46. The van der Waals surface area contributed by atoms with Gasteiger partial charge >= 0.3 is 0 Å². The van der Waals surface area contributed by atoms with Crippen molar-refractivity contribution < 1.29 is 4.39 Å². The zero-order chi connectivity index (χ0) is 15.0. The molecule has 0 bridgehead atoms. The van der Waals surface area contributed by atoms with Gasteiger partial charge in [-0.05, 0) is 70.5 Å². The van der Waals surface area contributed by atoms with E-state index in [0.29, 0.717) is 4.47 Å². The second-order valence-electron chi connectivity index (χ2n) is 5.02. The van der Waals surface area contributed by atoms with E-state index >= 15 is 0 Å². The molecular weight excluding hydrogens is 351 g/mol. The Labute approximate surface area is 135 Å². The lowest BCUT2D eigenvalue weighted by molar-refractivity contribution is 0.620. The number of nitrogens with zero attached hydrogens (tertiary/aromatic N) is 1. The third-order valence-corrected chi connectivity index (χ3v) is 4.92. The number of pyridine rings is 1. The maximum absolute atomic E-state index is 13.5. The summed E-state index contributed by atoms with van der Waals surface area (Å²) in [4.78, 5) is 4.46. The average molecular weight is 365 g/mol. The minimum atomic E-state index is -0.243. The normalized spacial score (nSPS) is 12.6. The van der Waals surface area contributed by atoms with E-state index in [2.05, 4.69) is 39.2 Å². The predicted octanol–water partition coefficient (Wildman–Crippen LogP) is 5.68. The number of nitrogens with one attached hydrogen (secondary N) is 1. The highest BCUT2D eigenvalue weighted by molar-refractivity contribution is 9.10. The minimum absolute atomic E-state index is 0.0973. The summed E-state index contributed by atoms with van der Waals surface area (Å²) in [6, 6.07) is 7.57. The van der Waals surface area contributed by atoms with E-state index in [9.17, 15) is 4.39 Å². The van der Waals surface area contributed by atoms with Gasteiger partial charge in [0.05, 0.1) is 20.7 Å². The summed E-state index contributed by atoms with van der Waals surface area (Å²) in [7, 11) is 0. The SMILES string of the molecule is Cc1cc(F)c(Br)cc1NC(C)c1cnc2ccsc2c1. The molecule has 2 nitrogen and oxygen atoms in total. The molecule has 21 heavy (non-hydrogen) atoms. The van der Waals surface area contributed by atoms with Crippen LogP contribution in [0.25, 0.3) is 10.2 Å². The van der Waals surface area contributed by atoms with Gasteiger partial charge in [-0.25, -0.2) is 4.39 Å². The van der Waals surface area contributed by atoms with E-state index in [1.165, 1.54) is 10.8 Å². The molecule has 3 aromatic rings. The standard InChI is InChI=1S/C16H14BrFN2S/c1-9-5-13(18)12(17)7-15(9)20-10(2)11-6-16-14(19-8-11)3-4-21-16/h3-8,10,20H,1-2H3. The van der Waals surface area contributed by atoms with E-state index in [1.54, 1.807) is 17.4 Å². The lowest BCUT2D eigenvalue weighted by Gasteiger charge is -2.18. The van der Waals surface area contributed by atoms with Gasteiger partial charge in [-0.3, -0.25) is 4.98 Å². The summed E-state index contributed by atoms with van der Waals surface area (Å²) in [6.45, 7) is 3.97. The molecular formula is C16H14BrFN2S. The van der Waals surface area contributed by atoms with Gasteiger partial charge in [0, 0.05) is 11.9 Å². The molecule has 0 aliphatic carbocycles. The first kappa shape index (κ1) is 14.5. The molecule has 5 heteroatoms. The summed E-state index contributed by atoms with van der Waals surface area (Å²) in [5.74, 6) is -0.243. The Morgan fingerprint density at radius 1 is 1.33 bits per heavy atom. The van der Waals surface area contributed by atoms with Gasteiger partial charge in [-0.2, -0.15) is 0 Å². The maximum Gasteiger partial charge on any atom is 0.137 e. The summed E-state index contributed by atoms with van der Waals surface area (Å²) < 4.78 is 15.1. The topological polar surface area (TPSA) is 24.9 Å². The molecule has 1 aromatic carbocycles. The van der Waals surface area contributed by atoms with Crippen molar-refractivity contribution in [2.24, 2.45) is 0 Å². The molecule has 2 heterocycles. The lowest BCUT2D eigenvalue weighted by atomic mass is 10.1. The van der Waals surface area contributed by atoms with Crippen molar-refractivity contribution in [3.8, 4) is 0 Å². The van der Waals surface area contributed by atoms with Crippen molar-refractivity contribution in [2.45, 2.75) is 19.9 Å². The fourth-order valence-electron chi connectivity index (χ4n) is 2.22. The van der Waals surface area contributed by atoms with Gasteiger partial charge in [0.25, 0.3) is 0 Å². The smallest absolute Gasteiger partial charge is 0.137 e. The second-order valence-corrected chi connectivity index (χ2v) is 6.82. The van der Waals surface area contributed by atoms with Crippen LogP contribution in [0.2, 0.25) is 0 Å². The zero-order valence-electron chi connectivity index (χ0n) is 11.7. The van der Waals surface area contributed by atoms with Gasteiger partial charge in [0.2, 0.25) is 0 Å². The van der Waals surface area contributed by atoms with Crippen molar-refractivity contribution >= 4 is 43.2 Å². The predicted molar refractivity (Wildman–Crippen MR) is 90.5 cm³/mol. The molecule has 1 N–H and O–H groups in total. The molecule has 1 atom stereocenters. The van der Waals surface area contributed by atoms with Crippen LogP contribution in [0, 0.1) is 12.7 Å². The molecule has 0 saturated carbocycles. The average Bonchev–Trinajstić information content (AvgIpc) is 2.92. The van der Waals surface area contributed by atoms with Crippen molar-refractivity contribution in [2.75, 3.05) is 5.32 Å². The molecule has 108 valence electrons. The Kier molecular flexibility index (Phi) is 3.95. The number of halogens is 2. The van der Waals surface area contributed by atoms with Crippen LogP contribution in [-0.4, -0.2) is 4.98 Å². The van der Waals surface area contributed by atoms with Crippen LogP contribution in [0.4, 0.5) is 10.1 Å². The number of hydrogen-bond acceptors (Lipinski definition) is 3. The molecule has 0 aliphatic rings. The molecule has 1 unspecified atom stereocenters. The molecule has 0 saturated heterocycles. The number of aryl methyl sites for hydroxylation is 1. The second kappa shape index (κ2) is 5.73. The highest BCUT2D eigenvalue weighted by Gasteiger charge is 2.11. The van der Waals surface area contributed by atoms with E-state index in [1.807, 2.05) is 24.6 Å². The van der Waals surface area contributed by atoms with Crippen LogP contribution in [-0.2, 0) is 0 Å². The molecule has 0 radical (unpaired) electrons. The Bertz CT molecular complexity index is 800. The van der Waals surface area contributed by atoms with Crippen molar-refractivity contribution in [3.63, 3.8) is 0 Å². The Morgan fingerprint density at radius 2 is 2.14 bits per heavy atom. The van der Waals surface area contributed by atoms with Gasteiger partial charge < -0.3 is 5.32 Å². The molecule has 0 aliphatic heterocycles. The van der Waals surface area contributed by atoms with Crippen LogP contribution in [0.5, 0.6) is 0 Å². The van der Waals surface area contributed by atoms with Gasteiger partial charge in [-0.15, -0.1) is 11.3 Å². The molecule has 3 rings (SSSR count). The van der Waals surface area contributed by atoms with E-state index in [0.717, 1.165) is 22.3 Å².